The molecule has 0 radical (unpaired) electrons. The van der Waals surface area contributed by atoms with Crippen LogP contribution in [0, 0.1) is 0 Å². The highest BCUT2D eigenvalue weighted by molar-refractivity contribution is 5.85. The first kappa shape index (κ1) is 9.47. The van der Waals surface area contributed by atoms with E-state index in [1.54, 1.807) is 6.07 Å². The van der Waals surface area contributed by atoms with Crippen molar-refractivity contribution in [2.45, 2.75) is 0 Å². The summed E-state index contributed by atoms with van der Waals surface area (Å²) in [6.07, 6.45) is 1.38. The number of hydrogen-bond donors (Lipinski definition) is 2. The van der Waals surface area contributed by atoms with Gasteiger partial charge in [-0.15, -0.1) is 0 Å². The predicted molar refractivity (Wildman–Crippen MR) is 45.7 cm³/mol. The van der Waals surface area contributed by atoms with E-state index in [0.29, 0.717) is 18.9 Å². The van der Waals surface area contributed by atoms with Crippen molar-refractivity contribution in [3.8, 4) is 5.75 Å². The minimum absolute atomic E-state index is 0.0329. The largest absolute Gasteiger partial charge is 0.492 e. The average Bonchev–Trinajstić information content (AvgIpc) is 2.15. The topological polar surface area (TPSA) is 85.4 Å². The third kappa shape index (κ3) is 2.72. The van der Waals surface area contributed by atoms with Crippen LogP contribution in [0.4, 0.5) is 0 Å². The van der Waals surface area contributed by atoms with Gasteiger partial charge in [-0.05, 0) is 6.07 Å². The van der Waals surface area contributed by atoms with Crippen molar-refractivity contribution in [3.05, 3.63) is 24.0 Å². The van der Waals surface area contributed by atoms with E-state index in [1.165, 1.54) is 12.3 Å². The summed E-state index contributed by atoms with van der Waals surface area (Å²) in [5, 5.41) is 8.59. The van der Waals surface area contributed by atoms with E-state index in [1.807, 2.05) is 0 Å². The van der Waals surface area contributed by atoms with E-state index >= 15 is 0 Å². The number of rotatable bonds is 4. The first-order chi connectivity index (χ1) is 6.24. The maximum absolute atomic E-state index is 10.5. The van der Waals surface area contributed by atoms with Crippen LogP contribution < -0.4 is 10.5 Å². The summed E-state index contributed by atoms with van der Waals surface area (Å²) in [4.78, 5) is 14.1. The van der Waals surface area contributed by atoms with Gasteiger partial charge in [0.15, 0.2) is 5.69 Å². The van der Waals surface area contributed by atoms with Crippen molar-refractivity contribution in [1.29, 1.82) is 0 Å². The Morgan fingerprint density at radius 3 is 3.08 bits per heavy atom. The van der Waals surface area contributed by atoms with Crippen LogP contribution in [0.25, 0.3) is 0 Å². The smallest absolute Gasteiger partial charge is 0.354 e. The van der Waals surface area contributed by atoms with Gasteiger partial charge in [0.1, 0.15) is 12.4 Å². The fraction of sp³-hybridized carbons (Fsp3) is 0.250. The van der Waals surface area contributed by atoms with Crippen LogP contribution in [0.1, 0.15) is 10.5 Å². The molecule has 1 aromatic rings. The molecule has 1 rings (SSSR count). The molecule has 5 heteroatoms. The number of ether oxygens (including phenoxy) is 1. The summed E-state index contributed by atoms with van der Waals surface area (Å²) >= 11 is 0. The summed E-state index contributed by atoms with van der Waals surface area (Å²) in [5.74, 6) is -0.601. The molecule has 0 aromatic carbocycles. The lowest BCUT2D eigenvalue weighted by Gasteiger charge is -2.03. The lowest BCUT2D eigenvalue weighted by atomic mass is 10.3. The third-order valence-electron chi connectivity index (χ3n) is 1.34. The minimum Gasteiger partial charge on any atom is -0.492 e. The van der Waals surface area contributed by atoms with Gasteiger partial charge in [-0.3, -0.25) is 0 Å². The zero-order chi connectivity index (χ0) is 9.68. The molecule has 1 heterocycles. The molecule has 0 fully saturated rings. The van der Waals surface area contributed by atoms with Crippen LogP contribution in [0.5, 0.6) is 5.75 Å². The molecule has 0 aliphatic rings. The van der Waals surface area contributed by atoms with Gasteiger partial charge >= 0.3 is 5.97 Å². The minimum atomic E-state index is -1.07. The van der Waals surface area contributed by atoms with Crippen LogP contribution in [-0.2, 0) is 0 Å². The number of nitrogens with two attached hydrogens (primary N) is 1. The maximum atomic E-state index is 10.5. The van der Waals surface area contributed by atoms with Gasteiger partial charge in [0.25, 0.3) is 0 Å². The van der Waals surface area contributed by atoms with Gasteiger partial charge in [0, 0.05) is 18.8 Å². The molecule has 0 aliphatic carbocycles. The second-order valence-electron chi connectivity index (χ2n) is 2.32. The summed E-state index contributed by atoms with van der Waals surface area (Å²) < 4.78 is 5.12. The lowest BCUT2D eigenvalue weighted by molar-refractivity contribution is 0.0690. The Kier molecular flexibility index (Phi) is 3.22. The fourth-order valence-electron chi connectivity index (χ4n) is 0.795. The molecule has 1 aromatic heterocycles. The molecule has 0 aliphatic heterocycles. The molecular formula is C8H10N2O3. The van der Waals surface area contributed by atoms with E-state index in [-0.39, 0.29) is 5.69 Å². The molecule has 3 N–H and O–H groups in total. The predicted octanol–water partition coefficient (Wildman–Crippen LogP) is 0.117. The van der Waals surface area contributed by atoms with Crippen molar-refractivity contribution in [2.75, 3.05) is 13.2 Å². The van der Waals surface area contributed by atoms with Crippen LogP contribution in [0.2, 0.25) is 0 Å². The second kappa shape index (κ2) is 4.42. The van der Waals surface area contributed by atoms with Crippen molar-refractivity contribution in [2.24, 2.45) is 5.73 Å². The monoisotopic (exact) mass is 182 g/mol. The molecule has 0 spiro atoms. The Labute approximate surface area is 75.2 Å². The first-order valence-corrected chi connectivity index (χ1v) is 3.76. The van der Waals surface area contributed by atoms with E-state index in [0.717, 1.165) is 0 Å². The van der Waals surface area contributed by atoms with Crippen molar-refractivity contribution < 1.29 is 14.6 Å². The van der Waals surface area contributed by atoms with Gasteiger partial charge in [0.2, 0.25) is 0 Å². The molecule has 0 saturated carbocycles. The molecule has 0 unspecified atom stereocenters. The molecule has 13 heavy (non-hydrogen) atoms. The van der Waals surface area contributed by atoms with E-state index in [4.69, 9.17) is 15.6 Å². The van der Waals surface area contributed by atoms with E-state index < -0.39 is 5.97 Å². The number of aromatic carboxylic acids is 1. The van der Waals surface area contributed by atoms with Crippen LogP contribution in [0.3, 0.4) is 0 Å². The molecular weight excluding hydrogens is 172 g/mol. The van der Waals surface area contributed by atoms with E-state index in [9.17, 15) is 4.79 Å². The number of carbonyl (C=O) groups is 1. The molecule has 0 saturated heterocycles. The van der Waals surface area contributed by atoms with Gasteiger partial charge in [-0.2, -0.15) is 0 Å². The maximum Gasteiger partial charge on any atom is 0.354 e. The average molecular weight is 182 g/mol. The number of aromatic nitrogens is 1. The standard InChI is InChI=1S/C8H10N2O3/c9-2-4-13-6-1-3-10-7(5-6)8(11)12/h1,3,5H,2,4,9H2,(H,11,12). The quantitative estimate of drug-likeness (QED) is 0.690. The normalized spacial score (nSPS) is 9.62. The van der Waals surface area contributed by atoms with Crippen LogP contribution >= 0.6 is 0 Å². The van der Waals surface area contributed by atoms with Gasteiger partial charge in [0.05, 0.1) is 0 Å². The molecule has 70 valence electrons. The number of hydrogen-bond acceptors (Lipinski definition) is 4. The Hall–Kier alpha value is -1.62. The lowest BCUT2D eigenvalue weighted by Crippen LogP contribution is -2.11. The van der Waals surface area contributed by atoms with Crippen molar-refractivity contribution in [1.82, 2.24) is 4.98 Å². The van der Waals surface area contributed by atoms with Gasteiger partial charge < -0.3 is 15.6 Å². The Morgan fingerprint density at radius 2 is 2.46 bits per heavy atom. The summed E-state index contributed by atoms with van der Waals surface area (Å²) in [6, 6.07) is 2.94. The zero-order valence-electron chi connectivity index (χ0n) is 6.93. The Morgan fingerprint density at radius 1 is 1.69 bits per heavy atom. The number of carboxylic acid groups (broad SMARTS) is 1. The SMILES string of the molecule is NCCOc1ccnc(C(=O)O)c1. The highest BCUT2D eigenvalue weighted by Gasteiger charge is 2.04. The fourth-order valence-corrected chi connectivity index (χ4v) is 0.795. The van der Waals surface area contributed by atoms with Crippen LogP contribution in [0.15, 0.2) is 18.3 Å². The van der Waals surface area contributed by atoms with Gasteiger partial charge in [-0.1, -0.05) is 0 Å². The second-order valence-corrected chi connectivity index (χ2v) is 2.32. The molecule has 0 atom stereocenters. The third-order valence-corrected chi connectivity index (χ3v) is 1.34. The van der Waals surface area contributed by atoms with Crippen LogP contribution in [-0.4, -0.2) is 29.2 Å². The molecule has 5 nitrogen and oxygen atoms in total. The Bertz CT molecular complexity index is 301. The Balaban J connectivity index is 2.73. The summed E-state index contributed by atoms with van der Waals surface area (Å²) in [7, 11) is 0. The zero-order valence-corrected chi connectivity index (χ0v) is 6.93. The molecule has 0 bridgehead atoms. The number of pyridine rings is 1. The van der Waals surface area contributed by atoms with Gasteiger partial charge in [-0.25, -0.2) is 9.78 Å². The first-order valence-electron chi connectivity index (χ1n) is 3.76. The van der Waals surface area contributed by atoms with Crippen molar-refractivity contribution >= 4 is 5.97 Å². The summed E-state index contributed by atoms with van der Waals surface area (Å²) in [5.41, 5.74) is 5.18. The highest BCUT2D eigenvalue weighted by atomic mass is 16.5. The number of nitrogens with zero attached hydrogens (tertiary/aromatic N) is 1. The number of carboxylic acids is 1. The molecule has 0 amide bonds. The van der Waals surface area contributed by atoms with Crippen molar-refractivity contribution in [3.63, 3.8) is 0 Å². The highest BCUT2D eigenvalue weighted by Crippen LogP contribution is 2.10. The van der Waals surface area contributed by atoms with E-state index in [2.05, 4.69) is 4.98 Å². The summed E-state index contributed by atoms with van der Waals surface area (Å²) in [6.45, 7) is 0.758.